The number of alkyl halides is 3. The van der Waals surface area contributed by atoms with E-state index in [1.165, 1.54) is 47.5 Å². The van der Waals surface area contributed by atoms with Gasteiger partial charge in [0.1, 0.15) is 30.8 Å². The molecule has 0 spiro atoms. The van der Waals surface area contributed by atoms with Crippen molar-refractivity contribution in [2.24, 2.45) is 7.05 Å². The Balaban J connectivity index is 1.44. The number of anilines is 1. The van der Waals surface area contributed by atoms with Crippen LogP contribution in [-0.2, 0) is 31.1 Å². The molecule has 2 amide bonds. The van der Waals surface area contributed by atoms with Gasteiger partial charge >= 0.3 is 6.18 Å². The molecule has 2 N–H and O–H groups in total. The molecule has 3 aromatic heterocycles. The fraction of sp³-hybridized carbons (Fsp3) is 0.148. The summed E-state index contributed by atoms with van der Waals surface area (Å²) in [6.45, 7) is -0.124. The Labute approximate surface area is 235 Å². The molecule has 5 aromatic rings. The van der Waals surface area contributed by atoms with E-state index in [-0.39, 0.29) is 48.0 Å². The van der Waals surface area contributed by atoms with Gasteiger partial charge in [0.05, 0.1) is 40.9 Å². The van der Waals surface area contributed by atoms with Crippen molar-refractivity contribution < 1.29 is 27.2 Å². The van der Waals surface area contributed by atoms with Crippen LogP contribution in [0.15, 0.2) is 73.6 Å². The van der Waals surface area contributed by atoms with Crippen LogP contribution in [0.5, 0.6) is 0 Å². The van der Waals surface area contributed by atoms with Crippen LogP contribution in [-0.4, -0.2) is 46.3 Å². The molecule has 11 nitrogen and oxygen atoms in total. The lowest BCUT2D eigenvalue weighted by Gasteiger charge is -2.15. The summed E-state index contributed by atoms with van der Waals surface area (Å²) >= 11 is 0. The van der Waals surface area contributed by atoms with E-state index in [0.29, 0.717) is 5.56 Å². The van der Waals surface area contributed by atoms with Gasteiger partial charge in [0.15, 0.2) is 0 Å². The number of halogens is 4. The lowest BCUT2D eigenvalue weighted by Crippen LogP contribution is -2.28. The van der Waals surface area contributed by atoms with Crippen molar-refractivity contribution >= 4 is 17.5 Å². The van der Waals surface area contributed by atoms with Crippen molar-refractivity contribution in [2.45, 2.75) is 19.3 Å². The van der Waals surface area contributed by atoms with Crippen LogP contribution >= 0.6 is 0 Å². The molecule has 2 aromatic carbocycles. The Morgan fingerprint density at radius 3 is 2.52 bits per heavy atom. The molecule has 42 heavy (non-hydrogen) atoms. The third-order valence-electron chi connectivity index (χ3n) is 6.00. The Morgan fingerprint density at radius 1 is 1.07 bits per heavy atom. The van der Waals surface area contributed by atoms with Gasteiger partial charge in [-0.1, -0.05) is 30.3 Å². The van der Waals surface area contributed by atoms with Crippen molar-refractivity contribution in [3.05, 3.63) is 96.3 Å². The van der Waals surface area contributed by atoms with Crippen LogP contribution in [0.4, 0.5) is 23.2 Å². The molecule has 0 saturated heterocycles. The summed E-state index contributed by atoms with van der Waals surface area (Å²) < 4.78 is 58.8. The summed E-state index contributed by atoms with van der Waals surface area (Å²) in [7, 11) is 1.52. The molecular weight excluding hydrogens is 558 g/mol. The maximum absolute atomic E-state index is 15.0. The lowest BCUT2D eigenvalue weighted by atomic mass is 9.99. The standard InChI is InChI=1S/C27H21F4N9O2/c1-39-8-7-21(38-39)17-9-18(20(28)10-19(17)27(29,30)31)26(42)36-22-11-33-23(37-25(22)16-5-3-2-4-6-16)12-34-24(41)13-40-15-32-14-35-40/h2-11,14-15H,12-13H2,1H3,(H,34,41)(H,36,42). The Morgan fingerprint density at radius 2 is 1.86 bits per heavy atom. The first kappa shape index (κ1) is 28.1. The fourth-order valence-electron chi connectivity index (χ4n) is 4.05. The molecule has 0 radical (unpaired) electrons. The number of amides is 2. The lowest BCUT2D eigenvalue weighted by molar-refractivity contribution is -0.137. The summed E-state index contributed by atoms with van der Waals surface area (Å²) in [6.07, 6.45) is 0.497. The second-order valence-corrected chi connectivity index (χ2v) is 8.99. The Hall–Kier alpha value is -5.47. The number of carbonyl (C=O) groups excluding carboxylic acids is 2. The number of nitrogens with zero attached hydrogens (tertiary/aromatic N) is 7. The van der Waals surface area contributed by atoms with Crippen LogP contribution in [0.2, 0.25) is 0 Å². The van der Waals surface area contributed by atoms with Gasteiger partial charge in [0, 0.05) is 24.4 Å². The minimum absolute atomic E-state index is 0.0530. The number of carbonyl (C=O) groups is 2. The third-order valence-corrected chi connectivity index (χ3v) is 6.00. The zero-order valence-electron chi connectivity index (χ0n) is 21.8. The highest BCUT2D eigenvalue weighted by molar-refractivity contribution is 6.06. The fourth-order valence-corrected chi connectivity index (χ4v) is 4.05. The third kappa shape index (κ3) is 6.29. The van der Waals surface area contributed by atoms with E-state index in [9.17, 15) is 27.2 Å². The van der Waals surface area contributed by atoms with Gasteiger partial charge in [-0.25, -0.2) is 24.0 Å². The molecule has 0 aliphatic rings. The average Bonchev–Trinajstić information content (AvgIpc) is 3.64. The normalized spacial score (nSPS) is 11.4. The molecule has 0 aliphatic heterocycles. The van der Waals surface area contributed by atoms with Crippen LogP contribution < -0.4 is 10.6 Å². The molecule has 0 fully saturated rings. The second-order valence-electron chi connectivity index (χ2n) is 8.99. The van der Waals surface area contributed by atoms with Gasteiger partial charge in [-0.2, -0.15) is 23.4 Å². The summed E-state index contributed by atoms with van der Waals surface area (Å²) in [4.78, 5) is 37.9. The maximum atomic E-state index is 15.0. The predicted molar refractivity (Wildman–Crippen MR) is 141 cm³/mol. The molecule has 214 valence electrons. The Kier molecular flexibility index (Phi) is 7.73. The molecular formula is C27H21F4N9O2. The van der Waals surface area contributed by atoms with E-state index in [4.69, 9.17) is 0 Å². The highest BCUT2D eigenvalue weighted by Crippen LogP contribution is 2.38. The summed E-state index contributed by atoms with van der Waals surface area (Å²) in [5.41, 5.74) is -1.55. The molecule has 3 heterocycles. The molecule has 15 heteroatoms. The zero-order valence-corrected chi connectivity index (χ0v) is 21.8. The van der Waals surface area contributed by atoms with Crippen LogP contribution in [0.1, 0.15) is 21.7 Å². The van der Waals surface area contributed by atoms with Gasteiger partial charge in [-0.05, 0) is 18.2 Å². The van der Waals surface area contributed by atoms with Crippen LogP contribution in [0.3, 0.4) is 0 Å². The molecule has 0 unspecified atom stereocenters. The summed E-state index contributed by atoms with van der Waals surface area (Å²) in [5.74, 6) is -2.55. The number of hydrogen-bond donors (Lipinski definition) is 2. The van der Waals surface area contributed by atoms with E-state index in [2.05, 4.69) is 35.8 Å². The van der Waals surface area contributed by atoms with Crippen molar-refractivity contribution in [3.63, 3.8) is 0 Å². The van der Waals surface area contributed by atoms with Gasteiger partial charge in [0.25, 0.3) is 5.91 Å². The minimum atomic E-state index is -4.89. The summed E-state index contributed by atoms with van der Waals surface area (Å²) in [5, 5.41) is 13.0. The van der Waals surface area contributed by atoms with E-state index in [0.717, 1.165) is 6.07 Å². The zero-order chi connectivity index (χ0) is 29.9. The van der Waals surface area contributed by atoms with Crippen molar-refractivity contribution in [2.75, 3.05) is 5.32 Å². The highest BCUT2D eigenvalue weighted by atomic mass is 19.4. The van der Waals surface area contributed by atoms with Crippen molar-refractivity contribution in [1.82, 2.24) is 39.8 Å². The number of aromatic nitrogens is 7. The number of benzene rings is 2. The van der Waals surface area contributed by atoms with Gasteiger partial charge in [-0.3, -0.25) is 14.3 Å². The molecule has 0 atom stereocenters. The topological polar surface area (TPSA) is 133 Å². The number of aryl methyl sites for hydroxylation is 1. The first-order valence-electron chi connectivity index (χ1n) is 12.3. The first-order chi connectivity index (χ1) is 20.1. The second kappa shape index (κ2) is 11.6. The van der Waals surface area contributed by atoms with E-state index >= 15 is 0 Å². The average molecular weight is 580 g/mol. The number of rotatable bonds is 8. The highest BCUT2D eigenvalue weighted by Gasteiger charge is 2.36. The Bertz CT molecular complexity index is 1740. The van der Waals surface area contributed by atoms with E-state index in [1.54, 1.807) is 30.3 Å². The van der Waals surface area contributed by atoms with Gasteiger partial charge < -0.3 is 10.6 Å². The smallest absolute Gasteiger partial charge is 0.347 e. The largest absolute Gasteiger partial charge is 0.417 e. The molecule has 0 saturated carbocycles. The van der Waals surface area contributed by atoms with Gasteiger partial charge in [-0.15, -0.1) is 0 Å². The summed E-state index contributed by atoms with van der Waals surface area (Å²) in [6, 6.07) is 11.1. The molecule has 0 aliphatic carbocycles. The molecule has 5 rings (SSSR count). The quantitative estimate of drug-likeness (QED) is 0.267. The van der Waals surface area contributed by atoms with E-state index in [1.807, 2.05) is 0 Å². The van der Waals surface area contributed by atoms with E-state index < -0.39 is 34.6 Å². The minimum Gasteiger partial charge on any atom is -0.347 e. The molecule has 0 bridgehead atoms. The van der Waals surface area contributed by atoms with Gasteiger partial charge in [0.2, 0.25) is 5.91 Å². The SMILES string of the molecule is Cn1ccc(-c2cc(C(=O)Nc3cnc(CNC(=O)Cn4cncn4)nc3-c3ccccc3)c(F)cc2C(F)(F)F)n1. The first-order valence-corrected chi connectivity index (χ1v) is 12.3. The maximum Gasteiger partial charge on any atom is 0.417 e. The van der Waals surface area contributed by atoms with Crippen molar-refractivity contribution in [3.8, 4) is 22.5 Å². The number of nitrogens with one attached hydrogen (secondary N) is 2. The predicted octanol–water partition coefficient (Wildman–Crippen LogP) is 3.86. The number of hydrogen-bond acceptors (Lipinski definition) is 7. The monoisotopic (exact) mass is 579 g/mol. The van der Waals surface area contributed by atoms with Crippen molar-refractivity contribution in [1.29, 1.82) is 0 Å². The van der Waals surface area contributed by atoms with Crippen LogP contribution in [0, 0.1) is 5.82 Å². The van der Waals surface area contributed by atoms with Crippen LogP contribution in [0.25, 0.3) is 22.5 Å².